The lowest BCUT2D eigenvalue weighted by atomic mass is 10.1. The lowest BCUT2D eigenvalue weighted by Crippen LogP contribution is -2.14. The molecule has 5 nitrogen and oxygen atoms in total. The van der Waals surface area contributed by atoms with Crippen LogP contribution in [0.15, 0.2) is 54.7 Å². The number of anilines is 1. The Labute approximate surface area is 151 Å². The zero-order valence-electron chi connectivity index (χ0n) is 14.0. The molecule has 1 amide bonds. The monoisotopic (exact) mass is 355 g/mol. The van der Waals surface area contributed by atoms with Gasteiger partial charge in [-0.05, 0) is 36.8 Å². The highest BCUT2D eigenvalue weighted by Crippen LogP contribution is 2.21. The summed E-state index contributed by atoms with van der Waals surface area (Å²) in [5.74, 6) is 0.968. The normalized spacial score (nSPS) is 10.5. The van der Waals surface area contributed by atoms with E-state index in [9.17, 15) is 4.79 Å². The third kappa shape index (κ3) is 4.00. The van der Waals surface area contributed by atoms with E-state index in [1.165, 1.54) is 0 Å². The number of nitrogens with zero attached hydrogens (tertiary/aromatic N) is 2. The van der Waals surface area contributed by atoms with Gasteiger partial charge in [0.05, 0.1) is 13.7 Å². The molecule has 0 saturated carbocycles. The van der Waals surface area contributed by atoms with Gasteiger partial charge in [0.2, 0.25) is 0 Å². The molecular formula is C19H18ClN3O2. The standard InChI is InChI=1S/C19H18ClN3O2/c1-13-16(4-3-5-17(13)25-2)19(24)21-18-10-11-23(22-18)12-14-6-8-15(20)9-7-14/h3-11H,12H2,1-2H3,(H,21,22,24). The van der Waals surface area contributed by atoms with Crippen LogP contribution in [0.25, 0.3) is 0 Å². The maximum absolute atomic E-state index is 12.5. The van der Waals surface area contributed by atoms with E-state index >= 15 is 0 Å². The van der Waals surface area contributed by atoms with Crippen LogP contribution in [0, 0.1) is 6.92 Å². The van der Waals surface area contributed by atoms with Crippen LogP contribution in [0.4, 0.5) is 5.82 Å². The van der Waals surface area contributed by atoms with Gasteiger partial charge in [-0.3, -0.25) is 9.48 Å². The number of halogens is 1. The van der Waals surface area contributed by atoms with E-state index in [1.807, 2.05) is 43.5 Å². The van der Waals surface area contributed by atoms with Gasteiger partial charge in [-0.25, -0.2) is 0 Å². The molecule has 0 unspecified atom stereocenters. The Morgan fingerprint density at radius 3 is 2.68 bits per heavy atom. The summed E-state index contributed by atoms with van der Waals surface area (Å²) in [7, 11) is 1.59. The number of aromatic nitrogens is 2. The van der Waals surface area contributed by atoms with Crippen LogP contribution in [-0.4, -0.2) is 22.8 Å². The van der Waals surface area contributed by atoms with Crippen LogP contribution in [0.1, 0.15) is 21.5 Å². The Kier molecular flexibility index (Phi) is 5.05. The SMILES string of the molecule is COc1cccc(C(=O)Nc2ccn(Cc3ccc(Cl)cc3)n2)c1C. The van der Waals surface area contributed by atoms with Gasteiger partial charge < -0.3 is 10.1 Å². The predicted molar refractivity (Wildman–Crippen MR) is 98.5 cm³/mol. The second-order valence-electron chi connectivity index (χ2n) is 5.61. The van der Waals surface area contributed by atoms with Gasteiger partial charge in [0.1, 0.15) is 5.75 Å². The number of carbonyl (C=O) groups is 1. The summed E-state index contributed by atoms with van der Waals surface area (Å²) in [5, 5.41) is 7.90. The average molecular weight is 356 g/mol. The van der Waals surface area contributed by atoms with Crippen molar-refractivity contribution in [2.24, 2.45) is 0 Å². The summed E-state index contributed by atoms with van der Waals surface area (Å²) >= 11 is 5.89. The summed E-state index contributed by atoms with van der Waals surface area (Å²) in [5.41, 5.74) is 2.43. The molecule has 1 N–H and O–H groups in total. The van der Waals surface area contributed by atoms with Gasteiger partial charge in [0.25, 0.3) is 5.91 Å². The number of ether oxygens (including phenoxy) is 1. The summed E-state index contributed by atoms with van der Waals surface area (Å²) in [6, 6.07) is 14.7. The zero-order valence-corrected chi connectivity index (χ0v) is 14.7. The molecule has 2 aromatic carbocycles. The van der Waals surface area contributed by atoms with Crippen LogP contribution >= 0.6 is 11.6 Å². The van der Waals surface area contributed by atoms with Gasteiger partial charge in [-0.2, -0.15) is 5.10 Å². The smallest absolute Gasteiger partial charge is 0.257 e. The molecular weight excluding hydrogens is 338 g/mol. The lowest BCUT2D eigenvalue weighted by molar-refractivity contribution is 0.102. The lowest BCUT2D eigenvalue weighted by Gasteiger charge is -2.09. The van der Waals surface area contributed by atoms with Gasteiger partial charge in [0.15, 0.2) is 5.82 Å². The largest absolute Gasteiger partial charge is 0.496 e. The number of carbonyl (C=O) groups excluding carboxylic acids is 1. The van der Waals surface area contributed by atoms with E-state index in [-0.39, 0.29) is 5.91 Å². The Balaban J connectivity index is 1.71. The number of hydrogen-bond acceptors (Lipinski definition) is 3. The molecule has 6 heteroatoms. The summed E-state index contributed by atoms with van der Waals surface area (Å²) in [6.07, 6.45) is 1.82. The first-order chi connectivity index (χ1) is 12.1. The van der Waals surface area contributed by atoms with Crippen molar-refractivity contribution in [3.63, 3.8) is 0 Å². The van der Waals surface area contributed by atoms with E-state index in [1.54, 1.807) is 30.0 Å². The molecule has 0 aliphatic heterocycles. The number of nitrogens with one attached hydrogen (secondary N) is 1. The van der Waals surface area contributed by atoms with E-state index in [0.717, 1.165) is 11.1 Å². The second kappa shape index (κ2) is 7.40. The van der Waals surface area contributed by atoms with Crippen molar-refractivity contribution < 1.29 is 9.53 Å². The fourth-order valence-electron chi connectivity index (χ4n) is 2.56. The quantitative estimate of drug-likeness (QED) is 0.747. The summed E-state index contributed by atoms with van der Waals surface area (Å²) in [4.78, 5) is 12.5. The van der Waals surface area contributed by atoms with Gasteiger partial charge in [-0.1, -0.05) is 29.8 Å². The minimum atomic E-state index is -0.215. The number of hydrogen-bond donors (Lipinski definition) is 1. The van der Waals surface area contributed by atoms with E-state index < -0.39 is 0 Å². The first-order valence-electron chi connectivity index (χ1n) is 7.79. The first-order valence-corrected chi connectivity index (χ1v) is 8.17. The van der Waals surface area contributed by atoms with Crippen molar-refractivity contribution >= 4 is 23.3 Å². The number of benzene rings is 2. The molecule has 3 aromatic rings. The molecule has 1 heterocycles. The van der Waals surface area contributed by atoms with Crippen molar-refractivity contribution in [3.05, 3.63) is 76.4 Å². The van der Waals surface area contributed by atoms with Gasteiger partial charge in [-0.15, -0.1) is 0 Å². The topological polar surface area (TPSA) is 56.1 Å². The molecule has 0 aliphatic carbocycles. The highest BCUT2D eigenvalue weighted by atomic mass is 35.5. The molecule has 0 fully saturated rings. The van der Waals surface area contributed by atoms with Crippen molar-refractivity contribution in [1.29, 1.82) is 0 Å². The van der Waals surface area contributed by atoms with Gasteiger partial charge in [0, 0.05) is 28.4 Å². The predicted octanol–water partition coefficient (Wildman–Crippen LogP) is 4.15. The van der Waals surface area contributed by atoms with Crippen molar-refractivity contribution in [2.45, 2.75) is 13.5 Å². The van der Waals surface area contributed by atoms with Gasteiger partial charge >= 0.3 is 0 Å². The number of rotatable bonds is 5. The number of methoxy groups -OCH3 is 1. The maximum atomic E-state index is 12.5. The van der Waals surface area contributed by atoms with E-state index in [2.05, 4.69) is 10.4 Å². The molecule has 0 bridgehead atoms. The van der Waals surface area contributed by atoms with Crippen LogP contribution < -0.4 is 10.1 Å². The van der Waals surface area contributed by atoms with Crippen molar-refractivity contribution in [1.82, 2.24) is 9.78 Å². The minimum Gasteiger partial charge on any atom is -0.496 e. The van der Waals surface area contributed by atoms with Crippen LogP contribution in [0.3, 0.4) is 0 Å². The van der Waals surface area contributed by atoms with E-state index in [4.69, 9.17) is 16.3 Å². The Hall–Kier alpha value is -2.79. The molecule has 0 aliphatic rings. The highest BCUT2D eigenvalue weighted by Gasteiger charge is 2.13. The highest BCUT2D eigenvalue weighted by molar-refractivity contribution is 6.30. The molecule has 0 saturated heterocycles. The van der Waals surface area contributed by atoms with Crippen molar-refractivity contribution in [2.75, 3.05) is 12.4 Å². The Bertz CT molecular complexity index is 888. The van der Waals surface area contributed by atoms with Crippen LogP contribution in [-0.2, 0) is 6.54 Å². The molecule has 0 atom stereocenters. The fraction of sp³-hybridized carbons (Fsp3) is 0.158. The first kappa shape index (κ1) is 17.0. The maximum Gasteiger partial charge on any atom is 0.257 e. The fourth-order valence-corrected chi connectivity index (χ4v) is 2.68. The average Bonchev–Trinajstić information content (AvgIpc) is 3.04. The second-order valence-corrected chi connectivity index (χ2v) is 6.05. The Morgan fingerprint density at radius 2 is 1.96 bits per heavy atom. The molecule has 0 radical (unpaired) electrons. The minimum absolute atomic E-state index is 0.215. The molecule has 128 valence electrons. The van der Waals surface area contributed by atoms with Crippen molar-refractivity contribution in [3.8, 4) is 5.75 Å². The van der Waals surface area contributed by atoms with E-state index in [0.29, 0.717) is 28.7 Å². The Morgan fingerprint density at radius 1 is 1.20 bits per heavy atom. The van der Waals surface area contributed by atoms with Crippen LogP contribution in [0.2, 0.25) is 5.02 Å². The number of amides is 1. The molecule has 3 rings (SSSR count). The summed E-state index contributed by atoms with van der Waals surface area (Å²) in [6.45, 7) is 2.46. The molecule has 25 heavy (non-hydrogen) atoms. The van der Waals surface area contributed by atoms with Crippen LogP contribution in [0.5, 0.6) is 5.75 Å². The third-order valence-corrected chi connectivity index (χ3v) is 4.14. The molecule has 0 spiro atoms. The zero-order chi connectivity index (χ0) is 17.8. The molecule has 1 aromatic heterocycles. The third-order valence-electron chi connectivity index (χ3n) is 3.89. The summed E-state index contributed by atoms with van der Waals surface area (Å²) < 4.78 is 7.02.